The average molecular weight is 269 g/mol. The number of aromatic nitrogens is 1. The van der Waals surface area contributed by atoms with Crippen LogP contribution in [0.2, 0.25) is 0 Å². The molecule has 0 unspecified atom stereocenters. The van der Waals surface area contributed by atoms with Crippen LogP contribution in [0, 0.1) is 18.6 Å². The third-order valence-electron chi connectivity index (χ3n) is 2.73. The molecule has 0 aliphatic carbocycles. The summed E-state index contributed by atoms with van der Waals surface area (Å²) in [6.45, 7) is 1.42. The Morgan fingerprint density at radius 1 is 1.17 bits per heavy atom. The molecule has 1 aromatic heterocycles. The number of rotatable bonds is 4. The summed E-state index contributed by atoms with van der Waals surface area (Å²) in [5, 5.41) is 11.7. The van der Waals surface area contributed by atoms with E-state index in [1.165, 1.54) is 12.1 Å². The minimum absolute atomic E-state index is 0.0132. The van der Waals surface area contributed by atoms with Crippen LogP contribution in [-0.2, 0) is 19.4 Å². The lowest BCUT2D eigenvalue weighted by molar-refractivity contribution is 0.273. The summed E-state index contributed by atoms with van der Waals surface area (Å²) in [6.07, 6.45) is 0.983. The SMILES string of the molecule is Cc1nc(CCc2ccc(CO)c(F)c2F)cs1. The van der Waals surface area contributed by atoms with E-state index in [2.05, 4.69) is 4.98 Å². The van der Waals surface area contributed by atoms with Crippen molar-refractivity contribution in [2.24, 2.45) is 0 Å². The maximum absolute atomic E-state index is 13.7. The molecule has 1 aromatic carbocycles. The Bertz CT molecular complexity index is 554. The highest BCUT2D eigenvalue weighted by Crippen LogP contribution is 2.18. The molecule has 2 nitrogen and oxygen atoms in total. The van der Waals surface area contributed by atoms with E-state index in [0.29, 0.717) is 18.4 Å². The van der Waals surface area contributed by atoms with Crippen molar-refractivity contribution in [1.82, 2.24) is 4.98 Å². The molecule has 2 aromatic rings. The Hall–Kier alpha value is -1.33. The van der Waals surface area contributed by atoms with Gasteiger partial charge in [-0.1, -0.05) is 12.1 Å². The molecule has 18 heavy (non-hydrogen) atoms. The lowest BCUT2D eigenvalue weighted by atomic mass is 10.1. The van der Waals surface area contributed by atoms with Crippen molar-refractivity contribution in [3.8, 4) is 0 Å². The number of nitrogens with zero attached hydrogens (tertiary/aromatic N) is 1. The summed E-state index contributed by atoms with van der Waals surface area (Å²) < 4.78 is 27.1. The van der Waals surface area contributed by atoms with Crippen LogP contribution in [0.25, 0.3) is 0 Å². The fourth-order valence-corrected chi connectivity index (χ4v) is 2.38. The number of aliphatic hydroxyl groups is 1. The number of benzene rings is 1. The zero-order valence-electron chi connectivity index (χ0n) is 9.91. The van der Waals surface area contributed by atoms with E-state index in [9.17, 15) is 8.78 Å². The first-order chi connectivity index (χ1) is 8.61. The van der Waals surface area contributed by atoms with Gasteiger partial charge in [0.05, 0.1) is 17.3 Å². The third-order valence-corrected chi connectivity index (χ3v) is 3.55. The molecule has 0 fully saturated rings. The number of aryl methyl sites for hydroxylation is 3. The van der Waals surface area contributed by atoms with Crippen LogP contribution in [0.15, 0.2) is 17.5 Å². The van der Waals surface area contributed by atoms with E-state index < -0.39 is 18.2 Å². The zero-order valence-corrected chi connectivity index (χ0v) is 10.7. The molecule has 0 aliphatic heterocycles. The van der Waals surface area contributed by atoms with Crippen LogP contribution < -0.4 is 0 Å². The summed E-state index contributed by atoms with van der Waals surface area (Å²) in [5.41, 5.74) is 1.19. The molecule has 0 bridgehead atoms. The maximum atomic E-state index is 13.7. The number of hydrogen-bond acceptors (Lipinski definition) is 3. The van der Waals surface area contributed by atoms with Gasteiger partial charge in [0.2, 0.25) is 0 Å². The van der Waals surface area contributed by atoms with E-state index in [1.54, 1.807) is 11.3 Å². The van der Waals surface area contributed by atoms with Gasteiger partial charge in [-0.2, -0.15) is 0 Å². The van der Waals surface area contributed by atoms with Crippen LogP contribution >= 0.6 is 11.3 Å². The number of aliphatic hydroxyl groups excluding tert-OH is 1. The Kier molecular flexibility index (Phi) is 4.04. The summed E-state index contributed by atoms with van der Waals surface area (Å²) >= 11 is 1.54. The first-order valence-corrected chi connectivity index (χ1v) is 6.47. The molecule has 0 aliphatic rings. The van der Waals surface area contributed by atoms with Crippen LogP contribution in [-0.4, -0.2) is 10.1 Å². The Morgan fingerprint density at radius 3 is 2.44 bits per heavy atom. The van der Waals surface area contributed by atoms with Crippen molar-refractivity contribution < 1.29 is 13.9 Å². The number of hydrogen-bond donors (Lipinski definition) is 1. The minimum Gasteiger partial charge on any atom is -0.392 e. The monoisotopic (exact) mass is 269 g/mol. The van der Waals surface area contributed by atoms with E-state index >= 15 is 0 Å². The van der Waals surface area contributed by atoms with Crippen molar-refractivity contribution in [3.63, 3.8) is 0 Å². The van der Waals surface area contributed by atoms with Crippen LogP contribution in [0.4, 0.5) is 8.78 Å². The van der Waals surface area contributed by atoms with E-state index in [4.69, 9.17) is 5.11 Å². The summed E-state index contributed by atoms with van der Waals surface area (Å²) in [6, 6.07) is 2.93. The standard InChI is InChI=1S/C13H13F2NOS/c1-8-16-11(7-18-8)5-4-9-2-3-10(6-17)13(15)12(9)14/h2-3,7,17H,4-6H2,1H3. The second kappa shape index (κ2) is 5.54. The fraction of sp³-hybridized carbons (Fsp3) is 0.308. The quantitative estimate of drug-likeness (QED) is 0.925. The molecule has 0 spiro atoms. The summed E-state index contributed by atoms with van der Waals surface area (Å²) in [5.74, 6) is -1.82. The normalized spacial score (nSPS) is 10.9. The maximum Gasteiger partial charge on any atom is 0.164 e. The van der Waals surface area contributed by atoms with Gasteiger partial charge in [0.25, 0.3) is 0 Å². The van der Waals surface area contributed by atoms with Crippen molar-refractivity contribution in [1.29, 1.82) is 0 Å². The molecule has 96 valence electrons. The molecule has 0 atom stereocenters. The van der Waals surface area contributed by atoms with Gasteiger partial charge in [0.15, 0.2) is 11.6 Å². The van der Waals surface area contributed by atoms with Crippen LogP contribution in [0.1, 0.15) is 21.8 Å². The topological polar surface area (TPSA) is 33.1 Å². The van der Waals surface area contributed by atoms with Crippen molar-refractivity contribution in [2.75, 3.05) is 0 Å². The molecule has 2 rings (SSSR count). The van der Waals surface area contributed by atoms with Gasteiger partial charge in [-0.25, -0.2) is 13.8 Å². The van der Waals surface area contributed by atoms with Crippen molar-refractivity contribution in [3.05, 3.63) is 51.0 Å². The predicted molar refractivity (Wildman–Crippen MR) is 66.5 cm³/mol. The highest BCUT2D eigenvalue weighted by atomic mass is 32.1. The van der Waals surface area contributed by atoms with Gasteiger partial charge < -0.3 is 5.11 Å². The smallest absolute Gasteiger partial charge is 0.164 e. The molecule has 0 radical (unpaired) electrons. The average Bonchev–Trinajstić information content (AvgIpc) is 2.77. The molecule has 5 heteroatoms. The fourth-order valence-electron chi connectivity index (χ4n) is 1.73. The number of thiazole rings is 1. The highest BCUT2D eigenvalue weighted by molar-refractivity contribution is 7.09. The lowest BCUT2D eigenvalue weighted by Crippen LogP contribution is -2.01. The van der Waals surface area contributed by atoms with Gasteiger partial charge in [-0.3, -0.25) is 0 Å². The van der Waals surface area contributed by atoms with Gasteiger partial charge in [0, 0.05) is 10.9 Å². The molecule has 1 heterocycles. The summed E-state index contributed by atoms with van der Waals surface area (Å²) in [7, 11) is 0. The largest absolute Gasteiger partial charge is 0.392 e. The zero-order chi connectivity index (χ0) is 13.1. The van der Waals surface area contributed by atoms with E-state index in [-0.39, 0.29) is 5.56 Å². The van der Waals surface area contributed by atoms with Crippen LogP contribution in [0.5, 0.6) is 0 Å². The van der Waals surface area contributed by atoms with Crippen molar-refractivity contribution in [2.45, 2.75) is 26.4 Å². The Labute approximate surface area is 108 Å². The second-order valence-corrected chi connectivity index (χ2v) is 5.09. The summed E-state index contributed by atoms with van der Waals surface area (Å²) in [4.78, 5) is 4.27. The van der Waals surface area contributed by atoms with Gasteiger partial charge in [0.1, 0.15) is 0 Å². The molecular formula is C13H13F2NOS. The first kappa shape index (κ1) is 13.1. The predicted octanol–water partition coefficient (Wildman–Crippen LogP) is 3.01. The number of halogens is 2. The Morgan fingerprint density at radius 2 is 1.83 bits per heavy atom. The second-order valence-electron chi connectivity index (χ2n) is 4.03. The molecule has 1 N–H and O–H groups in total. The molecule has 0 amide bonds. The molecular weight excluding hydrogens is 256 g/mol. The van der Waals surface area contributed by atoms with Crippen LogP contribution in [0.3, 0.4) is 0 Å². The van der Waals surface area contributed by atoms with E-state index in [1.807, 2.05) is 12.3 Å². The molecule has 0 saturated carbocycles. The van der Waals surface area contributed by atoms with Crippen molar-refractivity contribution >= 4 is 11.3 Å². The molecule has 0 saturated heterocycles. The van der Waals surface area contributed by atoms with Gasteiger partial charge in [-0.15, -0.1) is 11.3 Å². The van der Waals surface area contributed by atoms with E-state index in [0.717, 1.165) is 10.7 Å². The first-order valence-electron chi connectivity index (χ1n) is 5.59. The van der Waals surface area contributed by atoms with Gasteiger partial charge in [-0.05, 0) is 25.3 Å². The lowest BCUT2D eigenvalue weighted by Gasteiger charge is -2.06. The third kappa shape index (κ3) is 2.73. The Balaban J connectivity index is 2.12. The highest BCUT2D eigenvalue weighted by Gasteiger charge is 2.13. The van der Waals surface area contributed by atoms with Gasteiger partial charge >= 0.3 is 0 Å². The minimum atomic E-state index is -0.954.